The van der Waals surface area contributed by atoms with Crippen molar-refractivity contribution < 1.29 is 0 Å². The quantitative estimate of drug-likeness (QED) is 0.810. The number of hydrogen-bond donors (Lipinski definition) is 1. The van der Waals surface area contributed by atoms with Crippen LogP contribution in [0.5, 0.6) is 0 Å². The predicted octanol–water partition coefficient (Wildman–Crippen LogP) is 1.14. The average Bonchev–Trinajstić information content (AvgIpc) is 2.91. The molecule has 0 unspecified atom stereocenters. The van der Waals surface area contributed by atoms with Crippen LogP contribution in [0.25, 0.3) is 0 Å². The first-order valence-electron chi connectivity index (χ1n) is 5.25. The lowest BCUT2D eigenvalue weighted by Crippen LogP contribution is -2.35. The number of aromatic nitrogens is 2. The molecule has 1 N–H and O–H groups in total. The zero-order chi connectivity index (χ0) is 9.38. The summed E-state index contributed by atoms with van der Waals surface area (Å²) in [6.45, 7) is 2.52. The lowest BCUT2D eigenvalue weighted by molar-refractivity contribution is 0.273. The Morgan fingerprint density at radius 1 is 1.64 bits per heavy atom. The van der Waals surface area contributed by atoms with Gasteiger partial charge in [-0.05, 0) is 18.4 Å². The van der Waals surface area contributed by atoms with Crippen LogP contribution in [0.3, 0.4) is 0 Å². The van der Waals surface area contributed by atoms with Crippen LogP contribution in [0.4, 0.5) is 0 Å². The molecule has 1 aromatic rings. The molecule has 0 saturated carbocycles. The molecule has 3 nitrogen and oxygen atoms in total. The van der Waals surface area contributed by atoms with Crippen LogP contribution in [-0.4, -0.2) is 45.2 Å². The molecule has 0 spiro atoms. The van der Waals surface area contributed by atoms with Crippen LogP contribution in [0.2, 0.25) is 0 Å². The number of thioether (sulfide) groups is 1. The molecule has 3 heterocycles. The number of aromatic amines is 1. The van der Waals surface area contributed by atoms with Crippen molar-refractivity contribution in [2.45, 2.75) is 24.1 Å². The predicted molar refractivity (Wildman–Crippen MR) is 58.5 cm³/mol. The van der Waals surface area contributed by atoms with E-state index in [2.05, 4.69) is 26.9 Å². The highest BCUT2D eigenvalue weighted by Crippen LogP contribution is 2.37. The van der Waals surface area contributed by atoms with Gasteiger partial charge in [0.15, 0.2) is 0 Å². The van der Waals surface area contributed by atoms with Gasteiger partial charge in [0.25, 0.3) is 0 Å². The summed E-state index contributed by atoms with van der Waals surface area (Å²) < 4.78 is 0. The summed E-state index contributed by atoms with van der Waals surface area (Å²) in [7, 11) is 0. The smallest absolute Gasteiger partial charge is 0.0519 e. The van der Waals surface area contributed by atoms with Crippen LogP contribution in [-0.2, 0) is 6.42 Å². The van der Waals surface area contributed by atoms with E-state index >= 15 is 0 Å². The van der Waals surface area contributed by atoms with Crippen LogP contribution in [0.15, 0.2) is 12.4 Å². The molecule has 2 fully saturated rings. The molecule has 1 aromatic heterocycles. The molecule has 2 bridgehead atoms. The summed E-state index contributed by atoms with van der Waals surface area (Å²) in [5, 5.41) is 7.77. The van der Waals surface area contributed by atoms with Crippen LogP contribution >= 0.6 is 11.8 Å². The summed E-state index contributed by atoms with van der Waals surface area (Å²) >= 11 is 2.16. The Labute approximate surface area is 88.3 Å². The fraction of sp³-hybridized carbons (Fsp3) is 0.700. The van der Waals surface area contributed by atoms with Crippen LogP contribution in [0.1, 0.15) is 12.0 Å². The minimum Gasteiger partial charge on any atom is -0.298 e. The molecule has 2 atom stereocenters. The van der Waals surface area contributed by atoms with Gasteiger partial charge in [0.2, 0.25) is 0 Å². The fourth-order valence-corrected chi connectivity index (χ4v) is 3.94. The third-order valence-electron chi connectivity index (χ3n) is 3.26. The fourth-order valence-electron chi connectivity index (χ4n) is 2.44. The lowest BCUT2D eigenvalue weighted by Gasteiger charge is -2.25. The monoisotopic (exact) mass is 209 g/mol. The average molecular weight is 209 g/mol. The first-order valence-corrected chi connectivity index (χ1v) is 6.30. The highest BCUT2D eigenvalue weighted by molar-refractivity contribution is 8.00. The van der Waals surface area contributed by atoms with Crippen molar-refractivity contribution in [1.29, 1.82) is 0 Å². The topological polar surface area (TPSA) is 31.9 Å². The van der Waals surface area contributed by atoms with E-state index in [1.807, 2.05) is 12.4 Å². The number of fused-ring (bicyclic) bond motifs is 2. The molecular formula is C10H15N3S. The second-order valence-electron chi connectivity index (χ2n) is 4.20. The van der Waals surface area contributed by atoms with Crippen molar-refractivity contribution in [3.05, 3.63) is 18.0 Å². The minimum atomic E-state index is 0.872. The molecule has 0 aliphatic carbocycles. The molecule has 2 aliphatic rings. The normalized spacial score (nSPS) is 31.4. The van der Waals surface area contributed by atoms with E-state index in [0.717, 1.165) is 17.7 Å². The molecule has 76 valence electrons. The van der Waals surface area contributed by atoms with E-state index in [9.17, 15) is 0 Å². The maximum absolute atomic E-state index is 3.97. The highest BCUT2D eigenvalue weighted by Gasteiger charge is 2.37. The van der Waals surface area contributed by atoms with Crippen molar-refractivity contribution in [1.82, 2.24) is 15.1 Å². The number of rotatable bonds is 3. The van der Waals surface area contributed by atoms with Gasteiger partial charge < -0.3 is 0 Å². The van der Waals surface area contributed by atoms with E-state index in [0.29, 0.717) is 0 Å². The van der Waals surface area contributed by atoms with E-state index in [4.69, 9.17) is 0 Å². The van der Waals surface area contributed by atoms with E-state index < -0.39 is 0 Å². The summed E-state index contributed by atoms with van der Waals surface area (Å²) in [6, 6.07) is 0.872. The standard InChI is InChI=1S/C10H15N3S/c1(8-4-11-12-5-8)2-13-6-10-3-9(13)7-14-10/h4-5,9-10H,1-3,6-7H2,(H,11,12)/t9-,10-/m0/s1. The summed E-state index contributed by atoms with van der Waals surface area (Å²) in [4.78, 5) is 2.65. The van der Waals surface area contributed by atoms with Gasteiger partial charge in [-0.15, -0.1) is 0 Å². The van der Waals surface area contributed by atoms with Crippen molar-refractivity contribution in [2.24, 2.45) is 0 Å². The molecule has 0 aromatic carbocycles. The van der Waals surface area contributed by atoms with Gasteiger partial charge >= 0.3 is 0 Å². The van der Waals surface area contributed by atoms with Gasteiger partial charge in [-0.3, -0.25) is 10.00 Å². The van der Waals surface area contributed by atoms with E-state index in [-0.39, 0.29) is 0 Å². The Morgan fingerprint density at radius 2 is 2.64 bits per heavy atom. The third-order valence-corrected chi connectivity index (χ3v) is 4.65. The van der Waals surface area contributed by atoms with Crippen molar-refractivity contribution in [2.75, 3.05) is 18.8 Å². The highest BCUT2D eigenvalue weighted by atomic mass is 32.2. The second-order valence-corrected chi connectivity index (χ2v) is 5.53. The molecule has 0 amide bonds. The molecule has 4 heteroatoms. The number of nitrogens with zero attached hydrogens (tertiary/aromatic N) is 2. The van der Waals surface area contributed by atoms with Gasteiger partial charge in [0, 0.05) is 36.3 Å². The maximum Gasteiger partial charge on any atom is 0.0519 e. The van der Waals surface area contributed by atoms with Gasteiger partial charge in [0.05, 0.1) is 6.20 Å². The lowest BCUT2D eigenvalue weighted by atomic mass is 10.2. The van der Waals surface area contributed by atoms with E-state index in [1.54, 1.807) is 0 Å². The van der Waals surface area contributed by atoms with Crippen LogP contribution < -0.4 is 0 Å². The Hall–Kier alpha value is -0.480. The second kappa shape index (κ2) is 3.59. The van der Waals surface area contributed by atoms with Gasteiger partial charge in [-0.25, -0.2) is 0 Å². The molecule has 0 radical (unpaired) electrons. The first-order chi connectivity index (χ1) is 6.92. The van der Waals surface area contributed by atoms with Crippen molar-refractivity contribution >= 4 is 11.8 Å². The zero-order valence-electron chi connectivity index (χ0n) is 8.15. The number of nitrogens with one attached hydrogen (secondary N) is 1. The van der Waals surface area contributed by atoms with Crippen molar-refractivity contribution in [3.8, 4) is 0 Å². The van der Waals surface area contributed by atoms with Gasteiger partial charge in [0.1, 0.15) is 0 Å². The van der Waals surface area contributed by atoms with Gasteiger partial charge in [-0.1, -0.05) is 0 Å². The Balaban J connectivity index is 1.54. The van der Waals surface area contributed by atoms with Gasteiger partial charge in [-0.2, -0.15) is 16.9 Å². The number of H-pyrrole nitrogens is 1. The van der Waals surface area contributed by atoms with Crippen LogP contribution in [0, 0.1) is 0 Å². The third kappa shape index (κ3) is 1.57. The molecular weight excluding hydrogens is 194 g/mol. The molecule has 3 rings (SSSR count). The summed E-state index contributed by atoms with van der Waals surface area (Å²) in [5.74, 6) is 1.36. The molecule has 2 aliphatic heterocycles. The van der Waals surface area contributed by atoms with Crippen molar-refractivity contribution in [3.63, 3.8) is 0 Å². The first kappa shape index (κ1) is 8.80. The number of likely N-dealkylation sites (tertiary alicyclic amines) is 1. The van der Waals surface area contributed by atoms with E-state index in [1.165, 1.54) is 30.8 Å². The molecule has 14 heavy (non-hydrogen) atoms. The Morgan fingerprint density at radius 3 is 3.29 bits per heavy atom. The maximum atomic E-state index is 3.97. The SMILES string of the molecule is c1n[nH]cc1CCN1C[C@@H]2C[C@H]1CS2. The molecule has 2 saturated heterocycles. The number of hydrogen-bond acceptors (Lipinski definition) is 3. The largest absolute Gasteiger partial charge is 0.298 e. The summed E-state index contributed by atoms with van der Waals surface area (Å²) in [5.41, 5.74) is 1.33. The Kier molecular flexibility index (Phi) is 2.25. The minimum absolute atomic E-state index is 0.872. The Bertz CT molecular complexity index is 298. The summed E-state index contributed by atoms with van der Waals surface area (Å²) in [6.07, 6.45) is 6.51. The zero-order valence-corrected chi connectivity index (χ0v) is 8.96.